The minimum Gasteiger partial charge on any atom is -0.236 e. The molecule has 0 bridgehead atoms. The van der Waals surface area contributed by atoms with Crippen LogP contribution in [0.1, 0.15) is 30.9 Å². The maximum Gasteiger partial charge on any atom is 0.269 e. The SMILES string of the molecule is Cc1ccc(S(=O)(=O)n2ccnc2-c2ccc(C(C)C)cc2)cc1. The van der Waals surface area contributed by atoms with Crippen molar-refractivity contribution in [3.05, 3.63) is 72.1 Å². The first-order valence-electron chi connectivity index (χ1n) is 7.85. The van der Waals surface area contributed by atoms with Gasteiger partial charge < -0.3 is 0 Å². The molecule has 0 atom stereocenters. The summed E-state index contributed by atoms with van der Waals surface area (Å²) in [6, 6.07) is 14.7. The Hall–Kier alpha value is -2.40. The van der Waals surface area contributed by atoms with Crippen molar-refractivity contribution in [3.63, 3.8) is 0 Å². The van der Waals surface area contributed by atoms with E-state index in [1.54, 1.807) is 24.3 Å². The van der Waals surface area contributed by atoms with E-state index in [4.69, 9.17) is 0 Å². The molecule has 0 amide bonds. The van der Waals surface area contributed by atoms with Gasteiger partial charge >= 0.3 is 0 Å². The van der Waals surface area contributed by atoms with Crippen LogP contribution in [0.5, 0.6) is 0 Å². The van der Waals surface area contributed by atoms with Crippen molar-refractivity contribution in [2.75, 3.05) is 0 Å². The molecule has 3 aromatic rings. The molecule has 24 heavy (non-hydrogen) atoms. The molecule has 4 nitrogen and oxygen atoms in total. The summed E-state index contributed by atoms with van der Waals surface area (Å²) in [6.07, 6.45) is 3.00. The van der Waals surface area contributed by atoms with E-state index in [-0.39, 0.29) is 4.90 Å². The van der Waals surface area contributed by atoms with Crippen molar-refractivity contribution in [1.29, 1.82) is 0 Å². The van der Waals surface area contributed by atoms with Crippen LogP contribution in [0.15, 0.2) is 65.8 Å². The molecule has 0 aliphatic rings. The maximum atomic E-state index is 12.9. The molecule has 0 spiro atoms. The van der Waals surface area contributed by atoms with Crippen LogP contribution in [0.2, 0.25) is 0 Å². The fourth-order valence-electron chi connectivity index (χ4n) is 2.53. The van der Waals surface area contributed by atoms with Gasteiger partial charge in [0.25, 0.3) is 10.0 Å². The van der Waals surface area contributed by atoms with Crippen molar-refractivity contribution in [3.8, 4) is 11.4 Å². The van der Waals surface area contributed by atoms with Crippen LogP contribution in [0.4, 0.5) is 0 Å². The summed E-state index contributed by atoms with van der Waals surface area (Å²) in [5.41, 5.74) is 3.00. The Morgan fingerprint density at radius 2 is 1.58 bits per heavy atom. The van der Waals surface area contributed by atoms with Gasteiger partial charge in [0.05, 0.1) is 4.90 Å². The molecule has 2 aromatic carbocycles. The molecule has 1 heterocycles. The average molecular weight is 340 g/mol. The summed E-state index contributed by atoms with van der Waals surface area (Å²) in [5, 5.41) is 0. The van der Waals surface area contributed by atoms with E-state index in [1.807, 2.05) is 31.2 Å². The number of hydrogen-bond acceptors (Lipinski definition) is 3. The van der Waals surface area contributed by atoms with Gasteiger partial charge in [-0.05, 0) is 30.5 Å². The number of aryl methyl sites for hydroxylation is 1. The van der Waals surface area contributed by atoms with Gasteiger partial charge in [-0.2, -0.15) is 0 Å². The summed E-state index contributed by atoms with van der Waals surface area (Å²) >= 11 is 0. The lowest BCUT2D eigenvalue weighted by Crippen LogP contribution is -2.13. The Morgan fingerprint density at radius 3 is 2.17 bits per heavy atom. The third kappa shape index (κ3) is 2.99. The molecule has 0 saturated carbocycles. The third-order valence-corrected chi connectivity index (χ3v) is 5.70. The molecule has 1 aromatic heterocycles. The summed E-state index contributed by atoms with van der Waals surface area (Å²) in [4.78, 5) is 4.51. The van der Waals surface area contributed by atoms with E-state index in [9.17, 15) is 8.42 Å². The van der Waals surface area contributed by atoms with Crippen LogP contribution >= 0.6 is 0 Å². The molecule has 5 heteroatoms. The van der Waals surface area contributed by atoms with E-state index in [0.29, 0.717) is 11.7 Å². The summed E-state index contributed by atoms with van der Waals surface area (Å²) in [5.74, 6) is 0.848. The second kappa shape index (κ2) is 6.24. The summed E-state index contributed by atoms with van der Waals surface area (Å²) in [7, 11) is -3.66. The van der Waals surface area contributed by atoms with Gasteiger partial charge in [0, 0.05) is 18.0 Å². The highest BCUT2D eigenvalue weighted by molar-refractivity contribution is 7.90. The quantitative estimate of drug-likeness (QED) is 0.714. The Balaban J connectivity index is 2.05. The topological polar surface area (TPSA) is 52.0 Å². The molecule has 0 radical (unpaired) electrons. The molecular formula is C19H20N2O2S. The number of benzene rings is 2. The predicted molar refractivity (Wildman–Crippen MR) is 95.5 cm³/mol. The largest absolute Gasteiger partial charge is 0.269 e. The third-order valence-electron chi connectivity index (χ3n) is 4.02. The number of aromatic nitrogens is 2. The highest BCUT2D eigenvalue weighted by atomic mass is 32.2. The van der Waals surface area contributed by atoms with E-state index < -0.39 is 10.0 Å². The highest BCUT2D eigenvalue weighted by Gasteiger charge is 2.21. The van der Waals surface area contributed by atoms with Crippen molar-refractivity contribution in [2.45, 2.75) is 31.6 Å². The van der Waals surface area contributed by atoms with E-state index in [0.717, 1.165) is 11.1 Å². The number of imidazole rings is 1. The van der Waals surface area contributed by atoms with Crippen molar-refractivity contribution >= 4 is 10.0 Å². The second-order valence-electron chi connectivity index (χ2n) is 6.14. The predicted octanol–water partition coefficient (Wildman–Crippen LogP) is 4.22. The van der Waals surface area contributed by atoms with E-state index in [1.165, 1.54) is 21.9 Å². The van der Waals surface area contributed by atoms with Crippen LogP contribution in [0, 0.1) is 6.92 Å². The van der Waals surface area contributed by atoms with Gasteiger partial charge in [0.15, 0.2) is 5.82 Å². The fraction of sp³-hybridized carbons (Fsp3) is 0.211. The fourth-order valence-corrected chi connectivity index (χ4v) is 3.83. The van der Waals surface area contributed by atoms with Crippen LogP contribution in [-0.4, -0.2) is 17.4 Å². The first-order valence-corrected chi connectivity index (χ1v) is 9.29. The first-order chi connectivity index (χ1) is 11.4. The van der Waals surface area contributed by atoms with Crippen molar-refractivity contribution < 1.29 is 8.42 Å². The Morgan fingerprint density at radius 1 is 0.958 bits per heavy atom. The monoisotopic (exact) mass is 340 g/mol. The number of rotatable bonds is 4. The van der Waals surface area contributed by atoms with Gasteiger partial charge in [-0.25, -0.2) is 17.4 Å². The van der Waals surface area contributed by atoms with Gasteiger partial charge in [-0.15, -0.1) is 0 Å². The van der Waals surface area contributed by atoms with Crippen LogP contribution < -0.4 is 0 Å². The molecule has 0 aliphatic heterocycles. The zero-order chi connectivity index (χ0) is 17.3. The Labute approximate surface area is 142 Å². The molecule has 3 rings (SSSR count). The highest BCUT2D eigenvalue weighted by Crippen LogP contribution is 2.25. The second-order valence-corrected chi connectivity index (χ2v) is 7.96. The first kappa shape index (κ1) is 16.5. The smallest absolute Gasteiger partial charge is 0.236 e. The van der Waals surface area contributed by atoms with E-state index >= 15 is 0 Å². The van der Waals surface area contributed by atoms with Crippen LogP contribution in [0.25, 0.3) is 11.4 Å². The van der Waals surface area contributed by atoms with E-state index in [2.05, 4.69) is 18.8 Å². The molecule has 0 aliphatic carbocycles. The normalized spacial score (nSPS) is 11.8. The molecule has 0 N–H and O–H groups in total. The minimum atomic E-state index is -3.66. The Bertz CT molecular complexity index is 938. The summed E-state index contributed by atoms with van der Waals surface area (Å²) < 4.78 is 27.0. The van der Waals surface area contributed by atoms with Crippen molar-refractivity contribution in [2.24, 2.45) is 0 Å². The van der Waals surface area contributed by atoms with Crippen molar-refractivity contribution in [1.82, 2.24) is 8.96 Å². The van der Waals surface area contributed by atoms with Gasteiger partial charge in [-0.3, -0.25) is 0 Å². The summed E-state index contributed by atoms with van der Waals surface area (Å²) in [6.45, 7) is 6.17. The van der Waals surface area contributed by atoms with Gasteiger partial charge in [0.1, 0.15) is 0 Å². The van der Waals surface area contributed by atoms with Gasteiger partial charge in [0.2, 0.25) is 0 Å². The lowest BCUT2D eigenvalue weighted by atomic mass is 10.0. The zero-order valence-electron chi connectivity index (χ0n) is 14.0. The van der Waals surface area contributed by atoms with Crippen LogP contribution in [-0.2, 0) is 10.0 Å². The molecule has 0 saturated heterocycles. The lowest BCUT2D eigenvalue weighted by Gasteiger charge is -2.11. The maximum absolute atomic E-state index is 12.9. The number of hydrogen-bond donors (Lipinski definition) is 0. The minimum absolute atomic E-state index is 0.256. The molecular weight excluding hydrogens is 320 g/mol. The van der Waals surface area contributed by atoms with Crippen LogP contribution in [0.3, 0.4) is 0 Å². The lowest BCUT2D eigenvalue weighted by molar-refractivity contribution is 0.588. The Kier molecular flexibility index (Phi) is 4.28. The molecule has 0 unspecified atom stereocenters. The molecule has 124 valence electrons. The van der Waals surface area contributed by atoms with Gasteiger partial charge in [-0.1, -0.05) is 55.8 Å². The number of nitrogens with zero attached hydrogens (tertiary/aromatic N) is 2. The standard InChI is InChI=1S/C19H20N2O2S/c1-14(2)16-6-8-17(9-7-16)19-20-12-13-21(19)24(22,23)18-10-4-15(3)5-11-18/h4-14H,1-3H3. The zero-order valence-corrected chi connectivity index (χ0v) is 14.8. The molecule has 0 fully saturated rings. The average Bonchev–Trinajstić information content (AvgIpc) is 3.06.